The minimum Gasteiger partial charge on any atom is -0.482 e. The molecule has 3 aromatic rings. The van der Waals surface area contributed by atoms with Crippen molar-refractivity contribution in [2.45, 2.75) is 31.2 Å². The van der Waals surface area contributed by atoms with E-state index in [4.69, 9.17) is 21.1 Å². The minimum atomic E-state index is -3.79. The standard InChI is InChI=1S/C26H27ClN2O6S/c1-2-3-15-34-26(31)20-9-11-21(12-10-20)29-25(30)18-35-24-14-13-22(16-23(24)27)36(32,33)28-17-19-7-5-4-6-8-19/h4-14,16,28H,2-3,15,17-18H2,1H3,(H,29,30). The fourth-order valence-electron chi connectivity index (χ4n) is 3.05. The highest BCUT2D eigenvalue weighted by atomic mass is 35.5. The van der Waals surface area contributed by atoms with Crippen LogP contribution in [0.25, 0.3) is 0 Å². The van der Waals surface area contributed by atoms with Crippen molar-refractivity contribution in [1.29, 1.82) is 0 Å². The van der Waals surface area contributed by atoms with Gasteiger partial charge in [0.05, 0.1) is 22.1 Å². The highest BCUT2D eigenvalue weighted by molar-refractivity contribution is 7.89. The third-order valence-corrected chi connectivity index (χ3v) is 6.71. The Morgan fingerprint density at radius 2 is 1.69 bits per heavy atom. The highest BCUT2D eigenvalue weighted by Crippen LogP contribution is 2.27. The summed E-state index contributed by atoms with van der Waals surface area (Å²) in [5.41, 5.74) is 1.69. The Hall–Kier alpha value is -3.40. The number of halogens is 1. The molecule has 1 amide bonds. The molecule has 0 aliphatic heterocycles. The van der Waals surface area contributed by atoms with E-state index in [2.05, 4.69) is 10.0 Å². The van der Waals surface area contributed by atoms with Gasteiger partial charge in [-0.25, -0.2) is 17.9 Å². The highest BCUT2D eigenvalue weighted by Gasteiger charge is 2.17. The number of carbonyl (C=O) groups is 2. The summed E-state index contributed by atoms with van der Waals surface area (Å²) in [6.07, 6.45) is 1.73. The van der Waals surface area contributed by atoms with Gasteiger partial charge in [-0.05, 0) is 54.4 Å². The number of hydrogen-bond donors (Lipinski definition) is 2. The Morgan fingerprint density at radius 3 is 2.36 bits per heavy atom. The van der Waals surface area contributed by atoms with Gasteiger partial charge >= 0.3 is 5.97 Å². The number of unbranched alkanes of at least 4 members (excludes halogenated alkanes) is 1. The number of carbonyl (C=O) groups excluding carboxylic acids is 2. The SMILES string of the molecule is CCCCOC(=O)c1ccc(NC(=O)COc2ccc(S(=O)(=O)NCc3ccccc3)cc2Cl)cc1. The lowest BCUT2D eigenvalue weighted by Crippen LogP contribution is -2.23. The lowest BCUT2D eigenvalue weighted by atomic mass is 10.2. The maximum atomic E-state index is 12.6. The van der Waals surface area contributed by atoms with E-state index in [9.17, 15) is 18.0 Å². The average Bonchev–Trinajstić information content (AvgIpc) is 2.88. The van der Waals surface area contributed by atoms with Crippen molar-refractivity contribution in [2.24, 2.45) is 0 Å². The number of anilines is 1. The van der Waals surface area contributed by atoms with Crippen LogP contribution in [-0.4, -0.2) is 33.5 Å². The van der Waals surface area contributed by atoms with Crippen molar-refractivity contribution in [3.05, 3.63) is 88.9 Å². The summed E-state index contributed by atoms with van der Waals surface area (Å²) in [5.74, 6) is -0.704. The number of sulfonamides is 1. The van der Waals surface area contributed by atoms with Crippen molar-refractivity contribution in [2.75, 3.05) is 18.5 Å². The normalized spacial score (nSPS) is 11.1. The van der Waals surface area contributed by atoms with E-state index in [1.165, 1.54) is 18.2 Å². The second-order valence-corrected chi connectivity index (χ2v) is 9.98. The first-order chi connectivity index (χ1) is 17.3. The molecule has 0 aliphatic carbocycles. The van der Waals surface area contributed by atoms with Gasteiger partial charge in [0.15, 0.2) is 6.61 Å². The molecule has 0 bridgehead atoms. The Bertz CT molecular complexity index is 1280. The van der Waals surface area contributed by atoms with E-state index >= 15 is 0 Å². The molecule has 0 radical (unpaired) electrons. The number of esters is 1. The smallest absolute Gasteiger partial charge is 0.338 e. The summed E-state index contributed by atoms with van der Waals surface area (Å²) < 4.78 is 38.3. The molecule has 36 heavy (non-hydrogen) atoms. The molecular formula is C26H27ClN2O6S. The molecule has 0 unspecified atom stereocenters. The van der Waals surface area contributed by atoms with Gasteiger partial charge in [-0.3, -0.25) is 4.79 Å². The number of hydrogen-bond acceptors (Lipinski definition) is 6. The van der Waals surface area contributed by atoms with Crippen LogP contribution in [0.4, 0.5) is 5.69 Å². The maximum Gasteiger partial charge on any atom is 0.338 e. The molecule has 0 aliphatic rings. The summed E-state index contributed by atoms with van der Waals surface area (Å²) >= 11 is 6.20. The van der Waals surface area contributed by atoms with E-state index in [0.29, 0.717) is 17.9 Å². The molecular weight excluding hydrogens is 504 g/mol. The van der Waals surface area contributed by atoms with Crippen molar-refractivity contribution < 1.29 is 27.5 Å². The fourth-order valence-corrected chi connectivity index (χ4v) is 4.39. The van der Waals surface area contributed by atoms with E-state index in [1.807, 2.05) is 37.3 Å². The van der Waals surface area contributed by atoms with Gasteiger partial charge in [-0.15, -0.1) is 0 Å². The average molecular weight is 531 g/mol. The Morgan fingerprint density at radius 1 is 0.972 bits per heavy atom. The molecule has 3 rings (SSSR count). The molecule has 10 heteroatoms. The third-order valence-electron chi connectivity index (χ3n) is 5.02. The first-order valence-electron chi connectivity index (χ1n) is 11.3. The van der Waals surface area contributed by atoms with E-state index in [0.717, 1.165) is 18.4 Å². The van der Waals surface area contributed by atoms with Gasteiger partial charge in [-0.1, -0.05) is 55.3 Å². The molecule has 0 heterocycles. The first kappa shape index (κ1) is 27.2. The number of benzene rings is 3. The predicted molar refractivity (Wildman–Crippen MR) is 138 cm³/mol. The topological polar surface area (TPSA) is 111 Å². The van der Waals surface area contributed by atoms with Crippen LogP contribution in [0.15, 0.2) is 77.7 Å². The van der Waals surface area contributed by atoms with Crippen LogP contribution < -0.4 is 14.8 Å². The van der Waals surface area contributed by atoms with Gasteiger partial charge in [-0.2, -0.15) is 0 Å². The summed E-state index contributed by atoms with van der Waals surface area (Å²) in [4.78, 5) is 24.2. The van der Waals surface area contributed by atoms with Gasteiger partial charge in [0.1, 0.15) is 5.75 Å². The van der Waals surface area contributed by atoms with Crippen LogP contribution in [0.3, 0.4) is 0 Å². The van der Waals surface area contributed by atoms with Crippen LogP contribution in [0.5, 0.6) is 5.75 Å². The van der Waals surface area contributed by atoms with Gasteiger partial charge in [0, 0.05) is 12.2 Å². The Balaban J connectivity index is 1.51. The predicted octanol–water partition coefficient (Wildman–Crippen LogP) is 4.79. The lowest BCUT2D eigenvalue weighted by molar-refractivity contribution is -0.118. The summed E-state index contributed by atoms with van der Waals surface area (Å²) in [6.45, 7) is 2.16. The summed E-state index contributed by atoms with van der Waals surface area (Å²) in [5, 5.41) is 2.71. The molecule has 0 spiro atoms. The van der Waals surface area contributed by atoms with Crippen LogP contribution >= 0.6 is 11.6 Å². The van der Waals surface area contributed by atoms with Crippen molar-refractivity contribution in [3.8, 4) is 5.75 Å². The van der Waals surface area contributed by atoms with E-state index in [-0.39, 0.29) is 28.8 Å². The van der Waals surface area contributed by atoms with Crippen molar-refractivity contribution in [3.63, 3.8) is 0 Å². The number of amides is 1. The van der Waals surface area contributed by atoms with Crippen LogP contribution in [0.2, 0.25) is 5.02 Å². The molecule has 8 nitrogen and oxygen atoms in total. The van der Waals surface area contributed by atoms with Crippen LogP contribution in [0, 0.1) is 0 Å². The minimum absolute atomic E-state index is 0.0199. The van der Waals surface area contributed by atoms with Crippen LogP contribution in [0.1, 0.15) is 35.7 Å². The van der Waals surface area contributed by atoms with Gasteiger partial charge in [0.25, 0.3) is 5.91 Å². The zero-order valence-electron chi connectivity index (χ0n) is 19.7. The van der Waals surface area contributed by atoms with Crippen molar-refractivity contribution >= 4 is 39.2 Å². The molecule has 2 N–H and O–H groups in total. The molecule has 0 fully saturated rings. The number of ether oxygens (including phenoxy) is 2. The largest absolute Gasteiger partial charge is 0.482 e. The van der Waals surface area contributed by atoms with Gasteiger partial charge < -0.3 is 14.8 Å². The quantitative estimate of drug-likeness (QED) is 0.257. The maximum absolute atomic E-state index is 12.6. The zero-order chi connectivity index (χ0) is 26.0. The fraction of sp³-hybridized carbons (Fsp3) is 0.231. The molecule has 0 saturated carbocycles. The summed E-state index contributed by atoms with van der Waals surface area (Å²) in [7, 11) is -3.79. The van der Waals surface area contributed by atoms with Gasteiger partial charge in [0.2, 0.25) is 10.0 Å². The monoisotopic (exact) mass is 530 g/mol. The number of rotatable bonds is 12. The second kappa shape index (κ2) is 13.1. The first-order valence-corrected chi connectivity index (χ1v) is 13.2. The third kappa shape index (κ3) is 8.08. The molecule has 0 atom stereocenters. The summed E-state index contributed by atoms with van der Waals surface area (Å²) in [6, 6.07) is 19.4. The molecule has 190 valence electrons. The Kier molecular flexibility index (Phi) is 9.86. The molecule has 3 aromatic carbocycles. The molecule has 0 saturated heterocycles. The lowest BCUT2D eigenvalue weighted by Gasteiger charge is -2.11. The zero-order valence-corrected chi connectivity index (χ0v) is 21.3. The molecule has 0 aromatic heterocycles. The van der Waals surface area contributed by atoms with Crippen LogP contribution in [-0.2, 0) is 26.1 Å². The number of nitrogens with one attached hydrogen (secondary N) is 2. The Labute approximate surface area is 215 Å². The van der Waals surface area contributed by atoms with Crippen molar-refractivity contribution in [1.82, 2.24) is 4.72 Å². The second-order valence-electron chi connectivity index (χ2n) is 7.81. The van der Waals surface area contributed by atoms with E-state index < -0.39 is 21.9 Å². The van der Waals surface area contributed by atoms with E-state index in [1.54, 1.807) is 24.3 Å².